The highest BCUT2D eigenvalue weighted by Crippen LogP contribution is 2.12. The summed E-state index contributed by atoms with van der Waals surface area (Å²) in [5.41, 5.74) is 1.92. The molecule has 0 aliphatic rings. The van der Waals surface area contributed by atoms with Gasteiger partial charge in [0, 0.05) is 26.3 Å². The Kier molecular flexibility index (Phi) is 5.82. The summed E-state index contributed by atoms with van der Waals surface area (Å²) in [5.74, 6) is -0.467. The topological polar surface area (TPSA) is 44.4 Å². The van der Waals surface area contributed by atoms with E-state index in [0.29, 0.717) is 6.54 Å². The summed E-state index contributed by atoms with van der Waals surface area (Å²) in [6.45, 7) is -1.23. The number of benzene rings is 1. The molecule has 2 N–H and O–H groups in total. The van der Waals surface area contributed by atoms with E-state index < -0.39 is 18.6 Å². The summed E-state index contributed by atoms with van der Waals surface area (Å²) in [4.78, 5) is 13.3. The summed E-state index contributed by atoms with van der Waals surface area (Å²) >= 11 is 0. The van der Waals surface area contributed by atoms with Crippen LogP contribution in [0.2, 0.25) is 0 Å². The normalized spacial score (nSPS) is 11.2. The maximum Gasteiger partial charge on any atom is 0.401 e. The van der Waals surface area contributed by atoms with Crippen LogP contribution in [0.1, 0.15) is 5.56 Å². The molecular weight excluding hydrogens is 271 g/mol. The van der Waals surface area contributed by atoms with E-state index in [2.05, 4.69) is 5.32 Å². The molecule has 0 saturated heterocycles. The first kappa shape index (κ1) is 16.3. The van der Waals surface area contributed by atoms with Crippen LogP contribution in [0.15, 0.2) is 24.3 Å². The Morgan fingerprint density at radius 3 is 2.30 bits per heavy atom. The lowest BCUT2D eigenvalue weighted by Gasteiger charge is -2.13. The molecule has 0 radical (unpaired) electrons. The molecule has 1 amide bonds. The SMILES string of the molecule is CN(C)c1ccc(CNC(=O)CNCC(F)(F)F)cc1. The number of hydrogen-bond donors (Lipinski definition) is 2. The number of amides is 1. The van der Waals surface area contributed by atoms with Crippen LogP contribution in [0, 0.1) is 0 Å². The Hall–Kier alpha value is -1.76. The largest absolute Gasteiger partial charge is 0.401 e. The van der Waals surface area contributed by atoms with Crippen LogP contribution in [0.5, 0.6) is 0 Å². The quantitative estimate of drug-likeness (QED) is 0.834. The van der Waals surface area contributed by atoms with Crippen molar-refractivity contribution in [2.24, 2.45) is 0 Å². The van der Waals surface area contributed by atoms with Crippen molar-refractivity contribution in [1.29, 1.82) is 0 Å². The van der Waals surface area contributed by atoms with Gasteiger partial charge in [0.25, 0.3) is 0 Å². The molecule has 0 saturated carbocycles. The van der Waals surface area contributed by atoms with Gasteiger partial charge in [-0.1, -0.05) is 12.1 Å². The van der Waals surface area contributed by atoms with Gasteiger partial charge in [-0.25, -0.2) is 0 Å². The first-order valence-corrected chi connectivity index (χ1v) is 6.08. The molecule has 1 aromatic rings. The van der Waals surface area contributed by atoms with E-state index >= 15 is 0 Å². The Morgan fingerprint density at radius 1 is 1.20 bits per heavy atom. The molecule has 0 aliphatic carbocycles. The van der Waals surface area contributed by atoms with Gasteiger partial charge < -0.3 is 15.5 Å². The molecule has 0 aromatic heterocycles. The molecule has 0 heterocycles. The first-order chi connectivity index (χ1) is 9.28. The zero-order chi connectivity index (χ0) is 15.2. The van der Waals surface area contributed by atoms with E-state index in [1.807, 2.05) is 48.6 Å². The van der Waals surface area contributed by atoms with Gasteiger partial charge in [0.1, 0.15) is 0 Å². The highest BCUT2D eigenvalue weighted by molar-refractivity contribution is 5.77. The molecule has 7 heteroatoms. The lowest BCUT2D eigenvalue weighted by molar-refractivity contribution is -0.128. The fourth-order valence-electron chi connectivity index (χ4n) is 1.49. The molecule has 0 unspecified atom stereocenters. The molecule has 0 spiro atoms. The maximum absolute atomic E-state index is 11.9. The second-order valence-electron chi connectivity index (χ2n) is 4.56. The third-order valence-electron chi connectivity index (χ3n) is 2.55. The number of alkyl halides is 3. The van der Waals surface area contributed by atoms with Gasteiger partial charge in [-0.15, -0.1) is 0 Å². The van der Waals surface area contributed by atoms with Crippen molar-refractivity contribution in [3.8, 4) is 0 Å². The third kappa shape index (κ3) is 6.42. The highest BCUT2D eigenvalue weighted by Gasteiger charge is 2.26. The summed E-state index contributed by atoms with van der Waals surface area (Å²) in [5, 5.41) is 4.59. The van der Waals surface area contributed by atoms with Crippen molar-refractivity contribution in [3.05, 3.63) is 29.8 Å². The monoisotopic (exact) mass is 289 g/mol. The van der Waals surface area contributed by atoms with E-state index in [9.17, 15) is 18.0 Å². The number of anilines is 1. The Bertz CT molecular complexity index is 429. The average Bonchev–Trinajstić information content (AvgIpc) is 2.35. The van der Waals surface area contributed by atoms with Crippen LogP contribution < -0.4 is 15.5 Å². The second-order valence-corrected chi connectivity index (χ2v) is 4.56. The molecule has 0 atom stereocenters. The van der Waals surface area contributed by atoms with Gasteiger partial charge in [0.15, 0.2) is 0 Å². The molecule has 4 nitrogen and oxygen atoms in total. The minimum Gasteiger partial charge on any atom is -0.378 e. The minimum absolute atomic E-state index is 0.292. The molecule has 112 valence electrons. The van der Waals surface area contributed by atoms with Gasteiger partial charge in [0.05, 0.1) is 13.1 Å². The summed E-state index contributed by atoms with van der Waals surface area (Å²) < 4.78 is 35.6. The van der Waals surface area contributed by atoms with Crippen molar-refractivity contribution in [2.75, 3.05) is 32.1 Å². The van der Waals surface area contributed by atoms with Crippen LogP contribution in [-0.2, 0) is 11.3 Å². The fourth-order valence-corrected chi connectivity index (χ4v) is 1.49. The zero-order valence-electron chi connectivity index (χ0n) is 11.4. The van der Waals surface area contributed by atoms with Gasteiger partial charge in [-0.05, 0) is 17.7 Å². The fraction of sp³-hybridized carbons (Fsp3) is 0.462. The molecule has 1 rings (SSSR count). The van der Waals surface area contributed by atoms with Crippen LogP contribution >= 0.6 is 0 Å². The van der Waals surface area contributed by atoms with Crippen LogP contribution in [-0.4, -0.2) is 39.3 Å². The lowest BCUT2D eigenvalue weighted by Crippen LogP contribution is -2.37. The average molecular weight is 289 g/mol. The van der Waals surface area contributed by atoms with Crippen molar-refractivity contribution in [2.45, 2.75) is 12.7 Å². The summed E-state index contributed by atoms with van der Waals surface area (Å²) in [6.07, 6.45) is -4.30. The number of halogens is 3. The van der Waals surface area contributed by atoms with Crippen molar-refractivity contribution in [1.82, 2.24) is 10.6 Å². The summed E-state index contributed by atoms with van der Waals surface area (Å²) in [6, 6.07) is 7.53. The molecule has 0 fully saturated rings. The van der Waals surface area contributed by atoms with Crippen LogP contribution in [0.25, 0.3) is 0 Å². The van der Waals surface area contributed by atoms with E-state index in [1.54, 1.807) is 0 Å². The van der Waals surface area contributed by atoms with Gasteiger partial charge >= 0.3 is 6.18 Å². The highest BCUT2D eigenvalue weighted by atomic mass is 19.4. The minimum atomic E-state index is -4.30. The van der Waals surface area contributed by atoms with Gasteiger partial charge in [-0.2, -0.15) is 13.2 Å². The van der Waals surface area contributed by atoms with Gasteiger partial charge in [-0.3, -0.25) is 4.79 Å². The molecule has 20 heavy (non-hydrogen) atoms. The maximum atomic E-state index is 11.9. The third-order valence-corrected chi connectivity index (χ3v) is 2.55. The van der Waals surface area contributed by atoms with Crippen LogP contribution in [0.3, 0.4) is 0 Å². The number of carbonyl (C=O) groups excluding carboxylic acids is 1. The van der Waals surface area contributed by atoms with Crippen molar-refractivity contribution < 1.29 is 18.0 Å². The summed E-state index contributed by atoms with van der Waals surface area (Å²) in [7, 11) is 3.84. The van der Waals surface area contributed by atoms with Gasteiger partial charge in [0.2, 0.25) is 5.91 Å². The number of hydrogen-bond acceptors (Lipinski definition) is 3. The first-order valence-electron chi connectivity index (χ1n) is 6.08. The Labute approximate surface area is 116 Å². The number of rotatable bonds is 6. The number of nitrogens with one attached hydrogen (secondary N) is 2. The van der Waals surface area contributed by atoms with E-state index in [1.165, 1.54) is 0 Å². The Balaban J connectivity index is 2.30. The number of carbonyl (C=O) groups is 1. The second kappa shape index (κ2) is 7.14. The molecule has 1 aromatic carbocycles. The standard InChI is InChI=1S/C13H18F3N3O/c1-19(2)11-5-3-10(4-6-11)7-18-12(20)8-17-9-13(14,15)16/h3-6,17H,7-9H2,1-2H3,(H,18,20). The van der Waals surface area contributed by atoms with E-state index in [0.717, 1.165) is 11.3 Å². The lowest BCUT2D eigenvalue weighted by atomic mass is 10.2. The molecular formula is C13H18F3N3O. The Morgan fingerprint density at radius 2 is 1.80 bits per heavy atom. The van der Waals surface area contributed by atoms with Crippen molar-refractivity contribution in [3.63, 3.8) is 0 Å². The predicted molar refractivity (Wildman–Crippen MR) is 71.5 cm³/mol. The zero-order valence-corrected chi connectivity index (χ0v) is 11.4. The molecule has 0 aliphatic heterocycles. The van der Waals surface area contributed by atoms with E-state index in [-0.39, 0.29) is 6.54 Å². The van der Waals surface area contributed by atoms with Crippen molar-refractivity contribution >= 4 is 11.6 Å². The smallest absolute Gasteiger partial charge is 0.378 e. The van der Waals surface area contributed by atoms with Crippen LogP contribution in [0.4, 0.5) is 18.9 Å². The molecule has 0 bridgehead atoms. The predicted octanol–water partition coefficient (Wildman–Crippen LogP) is 1.52. The number of nitrogens with zero attached hydrogens (tertiary/aromatic N) is 1. The van der Waals surface area contributed by atoms with E-state index in [4.69, 9.17) is 0 Å².